The van der Waals surface area contributed by atoms with Crippen molar-refractivity contribution in [1.82, 2.24) is 4.98 Å². The number of aromatic nitrogens is 1. The van der Waals surface area contributed by atoms with E-state index in [-0.39, 0.29) is 19.2 Å². The molecule has 0 N–H and O–H groups in total. The number of nitrogens with zero attached hydrogens (tertiary/aromatic N) is 1. The van der Waals surface area contributed by atoms with E-state index in [1.807, 2.05) is 12.1 Å². The molecule has 4 nitrogen and oxygen atoms in total. The van der Waals surface area contributed by atoms with Gasteiger partial charge in [-0.15, -0.1) is 12.4 Å². The van der Waals surface area contributed by atoms with Crippen molar-refractivity contribution in [2.45, 2.75) is 0 Å². The van der Waals surface area contributed by atoms with Crippen molar-refractivity contribution in [2.75, 3.05) is 13.9 Å². The fourth-order valence-electron chi connectivity index (χ4n) is 1.76. The van der Waals surface area contributed by atoms with Gasteiger partial charge in [0.2, 0.25) is 12.5 Å². The van der Waals surface area contributed by atoms with E-state index >= 15 is 0 Å². The van der Waals surface area contributed by atoms with Gasteiger partial charge in [0.05, 0.1) is 7.11 Å². The average Bonchev–Trinajstić information content (AvgIpc) is 2.73. The maximum absolute atomic E-state index is 5.35. The van der Waals surface area contributed by atoms with Crippen molar-refractivity contribution in [3.8, 4) is 17.2 Å². The van der Waals surface area contributed by atoms with Crippen LogP contribution < -0.4 is 14.2 Å². The highest BCUT2D eigenvalue weighted by Gasteiger charge is 2.21. The Labute approximate surface area is 98.6 Å². The zero-order valence-electron chi connectivity index (χ0n) is 8.60. The third-order valence-electron chi connectivity index (χ3n) is 2.44. The van der Waals surface area contributed by atoms with Crippen molar-refractivity contribution in [3.63, 3.8) is 0 Å². The van der Waals surface area contributed by atoms with Crippen LogP contribution >= 0.6 is 12.4 Å². The lowest BCUT2D eigenvalue weighted by molar-refractivity contribution is 0.171. The summed E-state index contributed by atoms with van der Waals surface area (Å²) in [6.45, 7) is 0.245. The molecule has 2 aromatic rings. The Kier molecular flexibility index (Phi) is 2.75. The molecule has 0 aliphatic carbocycles. The second-order valence-electron chi connectivity index (χ2n) is 3.24. The number of fused-ring (bicyclic) bond motifs is 2. The number of benzene rings is 1. The van der Waals surface area contributed by atoms with E-state index in [2.05, 4.69) is 4.98 Å². The predicted molar refractivity (Wildman–Crippen MR) is 61.7 cm³/mol. The number of rotatable bonds is 1. The molecule has 3 rings (SSSR count). The van der Waals surface area contributed by atoms with Crippen LogP contribution in [-0.4, -0.2) is 18.9 Å². The molecule has 0 radical (unpaired) electrons. The first-order valence-corrected chi connectivity index (χ1v) is 4.60. The molecule has 1 aromatic heterocycles. The SMILES string of the molecule is COc1c2c(cc3ccncc13)OCO2.Cl. The second-order valence-corrected chi connectivity index (χ2v) is 3.24. The first-order chi connectivity index (χ1) is 7.40. The summed E-state index contributed by atoms with van der Waals surface area (Å²) >= 11 is 0. The molecule has 0 saturated heterocycles. The molecule has 5 heteroatoms. The van der Waals surface area contributed by atoms with Gasteiger partial charge in [-0.05, 0) is 17.5 Å². The van der Waals surface area contributed by atoms with Gasteiger partial charge in [-0.3, -0.25) is 4.98 Å². The largest absolute Gasteiger partial charge is 0.492 e. The van der Waals surface area contributed by atoms with Crippen LogP contribution in [0.1, 0.15) is 0 Å². The van der Waals surface area contributed by atoms with Crippen LogP contribution in [-0.2, 0) is 0 Å². The summed E-state index contributed by atoms with van der Waals surface area (Å²) in [5.74, 6) is 2.08. The topological polar surface area (TPSA) is 40.6 Å². The highest BCUT2D eigenvalue weighted by atomic mass is 35.5. The normalized spacial score (nSPS) is 12.3. The second kappa shape index (κ2) is 4.06. The molecule has 2 heterocycles. The van der Waals surface area contributed by atoms with Gasteiger partial charge in [0, 0.05) is 17.8 Å². The third kappa shape index (κ3) is 1.42. The zero-order chi connectivity index (χ0) is 10.3. The quantitative estimate of drug-likeness (QED) is 0.766. The molecule has 0 amide bonds. The first-order valence-electron chi connectivity index (χ1n) is 4.60. The van der Waals surface area contributed by atoms with E-state index in [0.29, 0.717) is 11.5 Å². The number of halogens is 1. The Hall–Kier alpha value is -1.68. The molecular weight excluding hydrogens is 230 g/mol. The minimum Gasteiger partial charge on any atom is -0.492 e. The summed E-state index contributed by atoms with van der Waals surface area (Å²) in [5, 5.41) is 1.97. The Morgan fingerprint density at radius 1 is 1.38 bits per heavy atom. The minimum absolute atomic E-state index is 0. The molecule has 16 heavy (non-hydrogen) atoms. The molecule has 1 aliphatic rings. The van der Waals surface area contributed by atoms with Crippen LogP contribution in [0.5, 0.6) is 17.2 Å². The van der Waals surface area contributed by atoms with E-state index in [4.69, 9.17) is 14.2 Å². The fraction of sp³-hybridized carbons (Fsp3) is 0.182. The Morgan fingerprint density at radius 3 is 3.06 bits per heavy atom. The standard InChI is InChI=1S/C11H9NO3.ClH/c1-13-10-8-5-12-3-2-7(8)4-9-11(10)15-6-14-9;/h2-5H,6H2,1H3;1H. The van der Waals surface area contributed by atoms with Crippen molar-refractivity contribution in [2.24, 2.45) is 0 Å². The van der Waals surface area contributed by atoms with Crippen LogP contribution in [0.25, 0.3) is 10.8 Å². The van der Waals surface area contributed by atoms with Crippen molar-refractivity contribution >= 4 is 23.2 Å². The average molecular weight is 240 g/mol. The number of hydrogen-bond acceptors (Lipinski definition) is 4. The van der Waals surface area contributed by atoms with Crippen molar-refractivity contribution in [1.29, 1.82) is 0 Å². The van der Waals surface area contributed by atoms with E-state index in [0.717, 1.165) is 16.5 Å². The molecule has 0 spiro atoms. The van der Waals surface area contributed by atoms with Crippen LogP contribution in [0.4, 0.5) is 0 Å². The van der Waals surface area contributed by atoms with Gasteiger partial charge in [0.25, 0.3) is 0 Å². The summed E-state index contributed by atoms with van der Waals surface area (Å²) < 4.78 is 16.0. The molecule has 0 saturated carbocycles. The summed E-state index contributed by atoms with van der Waals surface area (Å²) in [6, 6.07) is 3.85. The van der Waals surface area contributed by atoms with E-state index in [1.165, 1.54) is 0 Å². The highest BCUT2D eigenvalue weighted by Crippen LogP contribution is 2.45. The number of hydrogen-bond donors (Lipinski definition) is 0. The Morgan fingerprint density at radius 2 is 2.25 bits per heavy atom. The zero-order valence-corrected chi connectivity index (χ0v) is 9.41. The maximum atomic E-state index is 5.35. The van der Waals surface area contributed by atoms with Crippen LogP contribution in [0.15, 0.2) is 24.5 Å². The summed E-state index contributed by atoms with van der Waals surface area (Å²) in [7, 11) is 1.61. The van der Waals surface area contributed by atoms with Crippen LogP contribution in [0.2, 0.25) is 0 Å². The summed E-state index contributed by atoms with van der Waals surface area (Å²) in [5.41, 5.74) is 0. The first kappa shape index (κ1) is 10.8. The predicted octanol–water partition coefficient (Wildman–Crippen LogP) is 2.39. The molecule has 84 valence electrons. The molecule has 0 atom stereocenters. The minimum atomic E-state index is 0. The fourth-order valence-corrected chi connectivity index (χ4v) is 1.76. The van der Waals surface area contributed by atoms with E-state index in [1.54, 1.807) is 19.5 Å². The van der Waals surface area contributed by atoms with Gasteiger partial charge in [0.1, 0.15) is 0 Å². The summed E-state index contributed by atoms with van der Waals surface area (Å²) in [6.07, 6.45) is 3.50. The lowest BCUT2D eigenvalue weighted by Gasteiger charge is -2.07. The van der Waals surface area contributed by atoms with E-state index < -0.39 is 0 Å². The number of pyridine rings is 1. The molecule has 0 fully saturated rings. The van der Waals surface area contributed by atoms with Gasteiger partial charge in [-0.25, -0.2) is 0 Å². The van der Waals surface area contributed by atoms with E-state index in [9.17, 15) is 0 Å². The number of methoxy groups -OCH3 is 1. The molecule has 1 aromatic carbocycles. The molecular formula is C11H10ClNO3. The lowest BCUT2D eigenvalue weighted by atomic mass is 10.1. The van der Waals surface area contributed by atoms with Gasteiger partial charge in [-0.1, -0.05) is 0 Å². The summed E-state index contributed by atoms with van der Waals surface area (Å²) in [4.78, 5) is 4.07. The smallest absolute Gasteiger partial charge is 0.231 e. The molecule has 0 bridgehead atoms. The number of ether oxygens (including phenoxy) is 3. The Bertz CT molecular complexity index is 530. The maximum Gasteiger partial charge on any atom is 0.231 e. The van der Waals surface area contributed by atoms with Gasteiger partial charge >= 0.3 is 0 Å². The van der Waals surface area contributed by atoms with Gasteiger partial charge in [0.15, 0.2) is 11.5 Å². The molecule has 0 unspecified atom stereocenters. The third-order valence-corrected chi connectivity index (χ3v) is 2.44. The van der Waals surface area contributed by atoms with Gasteiger partial charge in [-0.2, -0.15) is 0 Å². The van der Waals surface area contributed by atoms with Crippen molar-refractivity contribution in [3.05, 3.63) is 24.5 Å². The van der Waals surface area contributed by atoms with Crippen molar-refractivity contribution < 1.29 is 14.2 Å². The van der Waals surface area contributed by atoms with Crippen LogP contribution in [0, 0.1) is 0 Å². The van der Waals surface area contributed by atoms with Crippen LogP contribution in [0.3, 0.4) is 0 Å². The highest BCUT2D eigenvalue weighted by molar-refractivity contribution is 5.92. The monoisotopic (exact) mass is 239 g/mol. The Balaban J connectivity index is 0.000000963. The molecule has 1 aliphatic heterocycles. The lowest BCUT2D eigenvalue weighted by Crippen LogP contribution is -1.94. The van der Waals surface area contributed by atoms with Gasteiger partial charge < -0.3 is 14.2 Å².